The van der Waals surface area contributed by atoms with Gasteiger partial charge in [0.25, 0.3) is 11.1 Å². The molecule has 0 bridgehead atoms. The minimum absolute atomic E-state index is 0.0768. The normalized spacial score (nSPS) is 24.6. The van der Waals surface area contributed by atoms with Crippen LogP contribution in [0.4, 0.5) is 4.39 Å². The van der Waals surface area contributed by atoms with E-state index in [-0.39, 0.29) is 40.3 Å². The number of carbonyl (C=O) groups excluding carboxylic acids is 2. The van der Waals surface area contributed by atoms with Gasteiger partial charge in [0, 0.05) is 22.8 Å². The third kappa shape index (κ3) is 10.7. The predicted octanol–water partition coefficient (Wildman–Crippen LogP) is 4.35. The van der Waals surface area contributed by atoms with E-state index in [1.165, 1.54) is 12.7 Å². The Morgan fingerprint density at radius 3 is 2.00 bits per heavy atom. The number of nitrogens with zero attached hydrogens (tertiary/aromatic N) is 6. The molecule has 2 aliphatic rings. The number of esters is 2. The summed E-state index contributed by atoms with van der Waals surface area (Å²) in [4.78, 5) is 81.1. The fourth-order valence-corrected chi connectivity index (χ4v) is 10.1. The van der Waals surface area contributed by atoms with Gasteiger partial charge in [-0.05, 0) is 54.4 Å². The van der Waals surface area contributed by atoms with Gasteiger partial charge in [-0.1, -0.05) is 0 Å². The van der Waals surface area contributed by atoms with Crippen LogP contribution in [-0.4, -0.2) is 105 Å². The van der Waals surface area contributed by atoms with Crippen LogP contribution in [0.15, 0.2) is 34.9 Å². The van der Waals surface area contributed by atoms with E-state index in [4.69, 9.17) is 32.5 Å². The molecule has 59 heavy (non-hydrogen) atoms. The topological polar surface area (TPSA) is 280 Å². The average Bonchev–Trinajstić information content (AvgIpc) is 3.96. The van der Waals surface area contributed by atoms with Crippen molar-refractivity contribution in [3.05, 3.63) is 46.0 Å². The molecule has 0 aliphatic carbocycles. The molecule has 324 valence electrons. The Morgan fingerprint density at radius 2 is 1.41 bits per heavy atom. The zero-order chi connectivity index (χ0) is 42.9. The number of hydrogen-bond donors (Lipinski definition) is 3. The molecule has 2 aliphatic heterocycles. The van der Waals surface area contributed by atoms with Gasteiger partial charge < -0.3 is 33.8 Å². The van der Waals surface area contributed by atoms with Crippen LogP contribution in [0.3, 0.4) is 0 Å². The molecule has 0 aromatic carbocycles. The van der Waals surface area contributed by atoms with E-state index >= 15 is 4.39 Å². The smallest absolute Gasteiger partial charge is 0.392 e. The summed E-state index contributed by atoms with van der Waals surface area (Å²) < 4.78 is 86.6. The lowest BCUT2D eigenvalue weighted by atomic mass is 9.98. The average molecular weight is 909 g/mol. The van der Waals surface area contributed by atoms with Crippen molar-refractivity contribution in [1.82, 2.24) is 39.0 Å². The number of fused-ring (bicyclic) bond motifs is 2. The summed E-state index contributed by atoms with van der Waals surface area (Å²) in [7, 11) is 0. The highest BCUT2D eigenvalue weighted by Crippen LogP contribution is 2.64. The van der Waals surface area contributed by atoms with Gasteiger partial charge in [0.05, 0.1) is 55.5 Å². The first-order valence-corrected chi connectivity index (χ1v) is 24.3. The highest BCUT2D eigenvalue weighted by molar-refractivity contribution is 8.55. The highest BCUT2D eigenvalue weighted by Gasteiger charge is 2.52. The number of halogens is 1. The molecule has 2 fully saturated rings. The predicted molar refractivity (Wildman–Crippen MR) is 208 cm³/mol. The molecular formula is C32H43FN8O14P2S2. The minimum Gasteiger partial charge on any atom is -0.454 e. The van der Waals surface area contributed by atoms with Crippen molar-refractivity contribution in [2.75, 3.05) is 25.1 Å². The molecule has 4 aromatic rings. The highest BCUT2D eigenvalue weighted by atomic mass is 32.7. The first kappa shape index (κ1) is 45.0. The van der Waals surface area contributed by atoms with E-state index in [2.05, 4.69) is 29.9 Å². The van der Waals surface area contributed by atoms with Crippen molar-refractivity contribution in [1.29, 1.82) is 0 Å². The first-order valence-electron chi connectivity index (χ1n) is 17.9. The molecular weight excluding hydrogens is 865 g/mol. The molecule has 0 saturated carbocycles. The number of alkyl halides is 1. The van der Waals surface area contributed by atoms with Crippen molar-refractivity contribution >= 4 is 70.6 Å². The van der Waals surface area contributed by atoms with Crippen LogP contribution >= 0.6 is 36.4 Å². The fraction of sp³-hybridized carbons (Fsp3) is 0.625. The molecule has 8 atom stereocenters. The van der Waals surface area contributed by atoms with Gasteiger partial charge in [0.1, 0.15) is 30.3 Å². The maximum absolute atomic E-state index is 16.8. The molecule has 3 N–H and O–H groups in total. The molecule has 2 saturated heterocycles. The summed E-state index contributed by atoms with van der Waals surface area (Å²) >= 11 is 0.721. The van der Waals surface area contributed by atoms with Gasteiger partial charge in [-0.2, -0.15) is 0 Å². The molecule has 27 heteroatoms. The van der Waals surface area contributed by atoms with Crippen molar-refractivity contribution in [3.8, 4) is 0 Å². The Hall–Kier alpha value is -3.51. The van der Waals surface area contributed by atoms with Gasteiger partial charge >= 0.3 is 25.5 Å². The van der Waals surface area contributed by atoms with Crippen LogP contribution in [0, 0.1) is 10.8 Å². The summed E-state index contributed by atoms with van der Waals surface area (Å²) in [5.41, 5.74) is -2.70. The van der Waals surface area contributed by atoms with E-state index in [1.807, 2.05) is 0 Å². The Kier molecular flexibility index (Phi) is 13.6. The number of ether oxygens (including phenoxy) is 4. The van der Waals surface area contributed by atoms with Gasteiger partial charge in [0.2, 0.25) is 0 Å². The van der Waals surface area contributed by atoms with Crippen molar-refractivity contribution in [2.24, 2.45) is 10.8 Å². The summed E-state index contributed by atoms with van der Waals surface area (Å²) in [6.07, 6.45) is -3.01. The van der Waals surface area contributed by atoms with E-state index in [9.17, 15) is 33.2 Å². The number of aromatic nitrogens is 8. The van der Waals surface area contributed by atoms with E-state index in [0.29, 0.717) is 24.2 Å². The summed E-state index contributed by atoms with van der Waals surface area (Å²) in [5, 5.41) is 0. The molecule has 22 nitrogen and oxygen atoms in total. The van der Waals surface area contributed by atoms with Crippen LogP contribution in [0.2, 0.25) is 0 Å². The number of carbonyl (C=O) groups is 2. The van der Waals surface area contributed by atoms with Gasteiger partial charge in [0.15, 0.2) is 34.7 Å². The van der Waals surface area contributed by atoms with Crippen LogP contribution in [-0.2, 0) is 51.2 Å². The van der Waals surface area contributed by atoms with Crippen LogP contribution in [0.1, 0.15) is 66.8 Å². The SMILES string of the molecule is CC(C)(C)C(=O)OCSP(=O)(O)OC[C@H]1O[C@@H](n2cnc3c(=O)[nH]cnc32)[C@H](F)C1OP(=O)(OC[C@@H]1CC[C@H](n2cnc3c(=O)[nH]cnc32)O1)SCOC(=O)C(C)(C)C. The van der Waals surface area contributed by atoms with Gasteiger partial charge in [-0.15, -0.1) is 0 Å². The second-order valence-corrected chi connectivity index (χ2v) is 23.2. The Bertz CT molecular complexity index is 2380. The van der Waals surface area contributed by atoms with Crippen molar-refractivity contribution in [3.63, 3.8) is 0 Å². The second kappa shape index (κ2) is 17.8. The second-order valence-electron chi connectivity index (χ2n) is 15.3. The molecule has 0 spiro atoms. The van der Waals surface area contributed by atoms with Crippen molar-refractivity contribution < 1.29 is 60.5 Å². The monoisotopic (exact) mass is 908 g/mol. The van der Waals surface area contributed by atoms with Gasteiger partial charge in [-0.3, -0.25) is 41.9 Å². The zero-order valence-electron chi connectivity index (χ0n) is 32.5. The van der Waals surface area contributed by atoms with Crippen molar-refractivity contribution in [2.45, 2.75) is 91.3 Å². The first-order chi connectivity index (χ1) is 27.7. The number of rotatable bonds is 16. The molecule has 6 heterocycles. The molecule has 0 amide bonds. The lowest BCUT2D eigenvalue weighted by molar-refractivity contribution is -0.151. The quantitative estimate of drug-likeness (QED) is 0.0800. The largest absolute Gasteiger partial charge is 0.454 e. The third-order valence-electron chi connectivity index (χ3n) is 8.77. The summed E-state index contributed by atoms with van der Waals surface area (Å²) in [6.45, 7) is -0.726. The minimum atomic E-state index is -4.60. The Labute approximate surface area is 342 Å². The fourth-order valence-electron chi connectivity index (χ4n) is 5.67. The lowest BCUT2D eigenvalue weighted by Gasteiger charge is -2.26. The summed E-state index contributed by atoms with van der Waals surface area (Å²) in [5.74, 6) is -2.37. The van der Waals surface area contributed by atoms with E-state index in [1.54, 1.807) is 46.1 Å². The standard InChI is InChI=1S/C32H43FN8O14P2S2/c1-31(2,3)29(44)49-15-58-56(46,47)51-10-18-23(20(33)28(54-18)41-14-39-22-25(41)35-12-37-27(22)43)55-57(48,59-16-50-30(45)32(4,5)6)52-9-17-7-8-19(53-17)40-13-38-21-24(40)34-11-36-26(21)42/h11-14,17-20,23,28H,7-10,15-16H2,1-6H3,(H,46,47)(H,34,36,42)(H,35,37,43)/t17-,18+,19+,20+,23?,28+,57?/m0/s1. The van der Waals surface area contributed by atoms with Gasteiger partial charge in [-0.25, -0.2) is 33.5 Å². The molecule has 0 radical (unpaired) electrons. The molecule has 4 aromatic heterocycles. The number of nitrogens with one attached hydrogen (secondary N) is 2. The van der Waals surface area contributed by atoms with Crippen LogP contribution < -0.4 is 11.1 Å². The third-order valence-corrected chi connectivity index (χ3v) is 14.8. The molecule has 6 rings (SSSR count). The maximum Gasteiger partial charge on any atom is 0.392 e. The molecule has 3 unspecified atom stereocenters. The number of aromatic amines is 2. The lowest BCUT2D eigenvalue weighted by Crippen LogP contribution is -2.34. The Morgan fingerprint density at radius 1 is 0.847 bits per heavy atom. The van der Waals surface area contributed by atoms with Crippen LogP contribution in [0.5, 0.6) is 0 Å². The Balaban J connectivity index is 1.22. The number of imidazole rings is 2. The van der Waals surface area contributed by atoms with E-state index in [0.717, 1.165) is 17.2 Å². The number of H-pyrrole nitrogens is 2. The summed E-state index contributed by atoms with van der Waals surface area (Å²) in [6, 6.07) is 0. The van der Waals surface area contributed by atoms with E-state index < -0.39 is 103 Å². The van der Waals surface area contributed by atoms with Crippen LogP contribution in [0.25, 0.3) is 22.3 Å². The number of hydrogen-bond acceptors (Lipinski definition) is 19. The zero-order valence-corrected chi connectivity index (χ0v) is 36.0. The maximum atomic E-state index is 16.8.